The predicted molar refractivity (Wildman–Crippen MR) is 52.9 cm³/mol. The molecule has 90 valence electrons. The summed E-state index contributed by atoms with van der Waals surface area (Å²) in [4.78, 5) is 0. The number of nitrogens with two attached hydrogens (primary N) is 1. The van der Waals surface area contributed by atoms with E-state index < -0.39 is 39.3 Å². The molecule has 0 aromatic heterocycles. The van der Waals surface area contributed by atoms with Crippen LogP contribution in [-0.4, -0.2) is 19.8 Å². The maximum absolute atomic E-state index is 12.6. The maximum Gasteiger partial charge on any atom is 0.306 e. The Bertz CT molecular complexity index is 501. The summed E-state index contributed by atoms with van der Waals surface area (Å²) in [5.41, 5.74) is 3.76. The van der Waals surface area contributed by atoms with Crippen LogP contribution in [0.2, 0.25) is 0 Å². The van der Waals surface area contributed by atoms with Crippen molar-refractivity contribution in [1.29, 1.82) is 0 Å². The molecule has 8 heteroatoms. The van der Waals surface area contributed by atoms with Gasteiger partial charge in [0, 0.05) is 0 Å². The first-order valence-corrected chi connectivity index (χ1v) is 5.83. The second-order valence-corrected chi connectivity index (χ2v) is 4.57. The molecule has 0 aliphatic carbocycles. The van der Waals surface area contributed by atoms with Gasteiger partial charge in [-0.1, -0.05) is 0 Å². The smallest absolute Gasteiger partial charge is 0.306 e. The van der Waals surface area contributed by atoms with Crippen molar-refractivity contribution in [2.24, 2.45) is 0 Å². The number of anilines is 1. The van der Waals surface area contributed by atoms with Crippen molar-refractivity contribution in [3.63, 3.8) is 0 Å². The van der Waals surface area contributed by atoms with E-state index >= 15 is 0 Å². The fourth-order valence-corrected chi connectivity index (χ4v) is 1.54. The largest absolute Gasteiger partial charge is 0.506 e. The Labute approximate surface area is 90.6 Å². The van der Waals surface area contributed by atoms with Crippen molar-refractivity contribution >= 4 is 15.8 Å². The molecule has 0 fully saturated rings. The molecular formula is C8H9F2NO4S. The van der Waals surface area contributed by atoms with Crippen LogP contribution in [0.4, 0.5) is 14.5 Å². The third-order valence-electron chi connectivity index (χ3n) is 1.68. The van der Waals surface area contributed by atoms with Crippen LogP contribution in [0.1, 0.15) is 12.0 Å². The third kappa shape index (κ3) is 2.72. The standard InChI is InChI=1S/C8H9F2NO4S/c1-16(13,14)15-5-3-2-4(12)7(11)6(5)8(9)10/h2-3,8,12H,11H2,1H3. The zero-order valence-corrected chi connectivity index (χ0v) is 8.96. The van der Waals surface area contributed by atoms with Gasteiger partial charge < -0.3 is 15.0 Å². The molecule has 0 heterocycles. The molecule has 0 bridgehead atoms. The average molecular weight is 253 g/mol. The summed E-state index contributed by atoms with van der Waals surface area (Å²) in [5.74, 6) is -1.15. The molecule has 0 spiro atoms. The molecule has 0 radical (unpaired) electrons. The van der Waals surface area contributed by atoms with E-state index in [2.05, 4.69) is 4.18 Å². The number of phenols is 1. The molecule has 0 unspecified atom stereocenters. The van der Waals surface area contributed by atoms with Crippen LogP contribution in [0, 0.1) is 0 Å². The molecule has 0 amide bonds. The number of nitrogen functional groups attached to an aromatic ring is 1. The van der Waals surface area contributed by atoms with Gasteiger partial charge in [0.2, 0.25) is 0 Å². The normalized spacial score (nSPS) is 11.8. The predicted octanol–water partition coefficient (Wildman–Crippen LogP) is 1.25. The molecule has 16 heavy (non-hydrogen) atoms. The molecule has 0 saturated carbocycles. The van der Waals surface area contributed by atoms with Crippen LogP contribution in [-0.2, 0) is 10.1 Å². The van der Waals surface area contributed by atoms with Crippen LogP contribution >= 0.6 is 0 Å². The number of hydrogen-bond acceptors (Lipinski definition) is 5. The van der Waals surface area contributed by atoms with Crippen LogP contribution in [0.15, 0.2) is 12.1 Å². The zero-order valence-electron chi connectivity index (χ0n) is 8.15. The van der Waals surface area contributed by atoms with Gasteiger partial charge in [-0.3, -0.25) is 0 Å². The van der Waals surface area contributed by atoms with Gasteiger partial charge in [0.1, 0.15) is 5.75 Å². The summed E-state index contributed by atoms with van der Waals surface area (Å²) in [6.07, 6.45) is -2.34. The molecule has 0 aliphatic rings. The van der Waals surface area contributed by atoms with Gasteiger partial charge in [-0.05, 0) is 12.1 Å². The molecule has 0 aliphatic heterocycles. The van der Waals surface area contributed by atoms with E-state index in [1.165, 1.54) is 0 Å². The first-order valence-electron chi connectivity index (χ1n) is 4.01. The maximum atomic E-state index is 12.6. The van der Waals surface area contributed by atoms with Crippen molar-refractivity contribution in [1.82, 2.24) is 0 Å². The van der Waals surface area contributed by atoms with Crippen molar-refractivity contribution in [2.45, 2.75) is 6.43 Å². The number of alkyl halides is 2. The van der Waals surface area contributed by atoms with E-state index in [4.69, 9.17) is 10.8 Å². The monoisotopic (exact) mass is 253 g/mol. The number of aromatic hydroxyl groups is 1. The molecule has 3 N–H and O–H groups in total. The van der Waals surface area contributed by atoms with E-state index in [0.29, 0.717) is 6.26 Å². The Morgan fingerprint density at radius 1 is 1.44 bits per heavy atom. The Hall–Kier alpha value is -1.57. The minimum absolute atomic E-state index is 0.559. The molecule has 1 aromatic rings. The fraction of sp³-hybridized carbons (Fsp3) is 0.250. The van der Waals surface area contributed by atoms with Crippen molar-refractivity contribution in [2.75, 3.05) is 12.0 Å². The summed E-state index contributed by atoms with van der Waals surface area (Å²) in [5, 5.41) is 9.11. The van der Waals surface area contributed by atoms with Crippen LogP contribution < -0.4 is 9.92 Å². The highest BCUT2D eigenvalue weighted by Crippen LogP contribution is 2.39. The van der Waals surface area contributed by atoms with Crippen LogP contribution in [0.25, 0.3) is 0 Å². The second kappa shape index (κ2) is 4.12. The van der Waals surface area contributed by atoms with Gasteiger partial charge in [-0.25, -0.2) is 8.78 Å². The zero-order chi connectivity index (χ0) is 12.5. The average Bonchev–Trinajstić information content (AvgIpc) is 2.08. The molecule has 0 saturated heterocycles. The molecule has 5 nitrogen and oxygen atoms in total. The quantitative estimate of drug-likeness (QED) is 0.480. The van der Waals surface area contributed by atoms with Crippen LogP contribution in [0.3, 0.4) is 0 Å². The lowest BCUT2D eigenvalue weighted by molar-refractivity contribution is 0.149. The number of rotatable bonds is 3. The third-order valence-corrected chi connectivity index (χ3v) is 2.17. The van der Waals surface area contributed by atoms with E-state index in [1.54, 1.807) is 0 Å². The van der Waals surface area contributed by atoms with Gasteiger partial charge >= 0.3 is 10.1 Å². The summed E-state index contributed by atoms with van der Waals surface area (Å²) >= 11 is 0. The van der Waals surface area contributed by atoms with Crippen LogP contribution in [0.5, 0.6) is 11.5 Å². The van der Waals surface area contributed by atoms with Gasteiger partial charge in [0.25, 0.3) is 6.43 Å². The first-order chi connectivity index (χ1) is 7.22. The molecule has 1 rings (SSSR count). The SMILES string of the molecule is CS(=O)(=O)Oc1ccc(O)c(N)c1C(F)F. The van der Waals surface area contributed by atoms with Gasteiger partial charge in [-0.15, -0.1) is 0 Å². The van der Waals surface area contributed by atoms with E-state index in [1.807, 2.05) is 0 Å². The number of hydrogen-bond donors (Lipinski definition) is 2. The molecule has 0 atom stereocenters. The fourth-order valence-electron chi connectivity index (χ4n) is 1.07. The summed E-state index contributed by atoms with van der Waals surface area (Å²) in [6.45, 7) is 0. The van der Waals surface area contributed by atoms with Gasteiger partial charge in [-0.2, -0.15) is 8.42 Å². The topological polar surface area (TPSA) is 89.6 Å². The highest BCUT2D eigenvalue weighted by atomic mass is 32.2. The first kappa shape index (κ1) is 12.5. The minimum Gasteiger partial charge on any atom is -0.506 e. The highest BCUT2D eigenvalue weighted by Gasteiger charge is 2.22. The molecular weight excluding hydrogens is 244 g/mol. The van der Waals surface area contributed by atoms with Gasteiger partial charge in [0.05, 0.1) is 17.5 Å². The second-order valence-electron chi connectivity index (χ2n) is 3.00. The van der Waals surface area contributed by atoms with E-state index in [9.17, 15) is 17.2 Å². The minimum atomic E-state index is -3.93. The van der Waals surface area contributed by atoms with E-state index in [0.717, 1.165) is 12.1 Å². The Balaban J connectivity index is 3.35. The highest BCUT2D eigenvalue weighted by molar-refractivity contribution is 7.86. The molecule has 1 aromatic carbocycles. The Kier molecular flexibility index (Phi) is 3.22. The lowest BCUT2D eigenvalue weighted by Crippen LogP contribution is -2.09. The lowest BCUT2D eigenvalue weighted by atomic mass is 10.1. The summed E-state index contributed by atoms with van der Waals surface area (Å²) in [7, 11) is -3.93. The van der Waals surface area contributed by atoms with Crippen molar-refractivity contribution in [3.05, 3.63) is 17.7 Å². The Morgan fingerprint density at radius 3 is 2.44 bits per heavy atom. The van der Waals surface area contributed by atoms with Gasteiger partial charge in [0.15, 0.2) is 5.75 Å². The number of phenolic OH excluding ortho intramolecular Hbond substituents is 1. The lowest BCUT2D eigenvalue weighted by Gasteiger charge is -2.12. The summed E-state index contributed by atoms with van der Waals surface area (Å²) < 4.78 is 51.1. The summed E-state index contributed by atoms with van der Waals surface area (Å²) in [6, 6.07) is 1.88. The number of benzene rings is 1. The van der Waals surface area contributed by atoms with E-state index in [-0.39, 0.29) is 0 Å². The van der Waals surface area contributed by atoms with Crippen molar-refractivity contribution < 1.29 is 26.5 Å². The number of halogens is 2. The Morgan fingerprint density at radius 2 is 2.00 bits per heavy atom. The van der Waals surface area contributed by atoms with Crippen molar-refractivity contribution in [3.8, 4) is 11.5 Å².